The summed E-state index contributed by atoms with van der Waals surface area (Å²) >= 11 is 3.27. The molecule has 24 heavy (non-hydrogen) atoms. The molecule has 3 nitrogen and oxygen atoms in total. The zero-order valence-electron chi connectivity index (χ0n) is 12.5. The van der Waals surface area contributed by atoms with Crippen LogP contribution in [0.4, 0.5) is 28.0 Å². The molecule has 2 N–H and O–H groups in total. The predicted molar refractivity (Wildman–Crippen MR) is 86.1 cm³/mol. The van der Waals surface area contributed by atoms with Gasteiger partial charge < -0.3 is 10.6 Å². The lowest BCUT2D eigenvalue weighted by molar-refractivity contribution is -0.138. The number of carbonyl (C=O) groups is 1. The predicted octanol–water partition coefficient (Wildman–Crippen LogP) is 5.24. The van der Waals surface area contributed by atoms with Crippen LogP contribution in [0.5, 0.6) is 0 Å². The highest BCUT2D eigenvalue weighted by Crippen LogP contribution is 2.32. The molecular weight excluding hydrogens is 392 g/mol. The lowest BCUT2D eigenvalue weighted by Gasteiger charge is -2.14. The Labute approximate surface area is 144 Å². The molecule has 0 aromatic heterocycles. The number of rotatable bonds is 3. The van der Waals surface area contributed by atoms with Crippen molar-refractivity contribution in [1.29, 1.82) is 0 Å². The van der Waals surface area contributed by atoms with Crippen LogP contribution >= 0.6 is 15.9 Å². The topological polar surface area (TPSA) is 41.1 Å². The number of aryl methyl sites for hydroxylation is 1. The lowest BCUT2D eigenvalue weighted by Crippen LogP contribution is -2.29. The zero-order valence-corrected chi connectivity index (χ0v) is 14.1. The van der Waals surface area contributed by atoms with Crippen molar-refractivity contribution in [1.82, 2.24) is 5.32 Å². The average molecular weight is 405 g/mol. The fourth-order valence-corrected chi connectivity index (χ4v) is 2.40. The maximum absolute atomic E-state index is 13.0. The number of nitrogens with one attached hydrogen (secondary N) is 2. The second kappa shape index (κ2) is 7.21. The van der Waals surface area contributed by atoms with Crippen molar-refractivity contribution in [3.63, 3.8) is 0 Å². The average Bonchev–Trinajstić information content (AvgIpc) is 2.49. The van der Waals surface area contributed by atoms with Crippen LogP contribution < -0.4 is 10.6 Å². The Morgan fingerprint density at radius 3 is 2.54 bits per heavy atom. The largest absolute Gasteiger partial charge is 0.416 e. The minimum Gasteiger partial charge on any atom is -0.334 e. The molecule has 0 saturated carbocycles. The molecule has 0 aliphatic rings. The smallest absolute Gasteiger partial charge is 0.334 e. The van der Waals surface area contributed by atoms with Gasteiger partial charge in [0.05, 0.1) is 5.56 Å². The molecule has 2 rings (SSSR count). The van der Waals surface area contributed by atoms with Gasteiger partial charge in [-0.05, 0) is 42.3 Å². The van der Waals surface area contributed by atoms with E-state index in [1.165, 1.54) is 0 Å². The van der Waals surface area contributed by atoms with Gasteiger partial charge in [-0.25, -0.2) is 9.18 Å². The van der Waals surface area contributed by atoms with Crippen molar-refractivity contribution in [3.8, 4) is 0 Å². The quantitative estimate of drug-likeness (QED) is 0.675. The molecule has 2 amide bonds. The zero-order chi connectivity index (χ0) is 17.9. The summed E-state index contributed by atoms with van der Waals surface area (Å²) in [5.74, 6) is -0.986. The lowest BCUT2D eigenvalue weighted by atomic mass is 10.1. The molecule has 0 aliphatic carbocycles. The molecular formula is C16H13BrF4N2O. The minimum atomic E-state index is -4.70. The molecule has 0 atom stereocenters. The van der Waals surface area contributed by atoms with Crippen molar-refractivity contribution in [3.05, 3.63) is 63.4 Å². The third-order valence-electron chi connectivity index (χ3n) is 3.26. The first-order chi connectivity index (χ1) is 11.2. The third kappa shape index (κ3) is 4.70. The SMILES string of the molecule is Cc1ccc(Br)cc1NC(=O)NCc1ccc(F)cc1C(F)(F)F. The van der Waals surface area contributed by atoms with E-state index in [0.29, 0.717) is 11.8 Å². The maximum atomic E-state index is 13.0. The number of alkyl halides is 3. The highest BCUT2D eigenvalue weighted by molar-refractivity contribution is 9.10. The monoisotopic (exact) mass is 404 g/mol. The molecule has 0 fully saturated rings. The van der Waals surface area contributed by atoms with Crippen LogP contribution in [0.2, 0.25) is 0 Å². The molecule has 0 spiro atoms. The van der Waals surface area contributed by atoms with Gasteiger partial charge in [0, 0.05) is 16.7 Å². The minimum absolute atomic E-state index is 0.218. The second-order valence-electron chi connectivity index (χ2n) is 5.07. The summed E-state index contributed by atoms with van der Waals surface area (Å²) < 4.78 is 52.5. The number of hydrogen-bond acceptors (Lipinski definition) is 1. The summed E-state index contributed by atoms with van der Waals surface area (Å²) in [5, 5.41) is 4.89. The first kappa shape index (κ1) is 18.3. The number of halogens is 5. The third-order valence-corrected chi connectivity index (χ3v) is 3.76. The van der Waals surface area contributed by atoms with Crippen molar-refractivity contribution >= 4 is 27.6 Å². The summed E-state index contributed by atoms with van der Waals surface area (Å²) in [6.45, 7) is 1.40. The van der Waals surface area contributed by atoms with Crippen molar-refractivity contribution in [2.24, 2.45) is 0 Å². The molecule has 2 aromatic carbocycles. The highest BCUT2D eigenvalue weighted by Gasteiger charge is 2.33. The Balaban J connectivity index is 2.08. The Morgan fingerprint density at radius 2 is 1.88 bits per heavy atom. The second-order valence-corrected chi connectivity index (χ2v) is 5.98. The van der Waals surface area contributed by atoms with Gasteiger partial charge in [0.15, 0.2) is 0 Å². The molecule has 128 valence electrons. The molecule has 8 heteroatoms. The standard InChI is InChI=1S/C16H13BrF4N2O/c1-9-2-4-11(17)6-14(9)23-15(24)22-8-10-3-5-12(18)7-13(10)16(19,20)21/h2-7H,8H2,1H3,(H2,22,23,24). The van der Waals surface area contributed by atoms with Crippen LogP contribution in [0, 0.1) is 12.7 Å². The fourth-order valence-electron chi connectivity index (χ4n) is 2.04. The van der Waals surface area contributed by atoms with E-state index in [1.807, 2.05) is 0 Å². The van der Waals surface area contributed by atoms with Gasteiger partial charge in [-0.2, -0.15) is 13.2 Å². The fraction of sp³-hybridized carbons (Fsp3) is 0.188. The summed E-state index contributed by atoms with van der Waals surface area (Å²) in [7, 11) is 0. The summed E-state index contributed by atoms with van der Waals surface area (Å²) in [4.78, 5) is 11.9. The van der Waals surface area contributed by atoms with Gasteiger partial charge in [0.25, 0.3) is 0 Å². The number of anilines is 1. The molecule has 0 radical (unpaired) electrons. The molecule has 0 heterocycles. The maximum Gasteiger partial charge on any atom is 0.416 e. The van der Waals surface area contributed by atoms with Crippen LogP contribution in [0.25, 0.3) is 0 Å². The number of carbonyl (C=O) groups excluding carboxylic acids is 1. The molecule has 0 saturated heterocycles. The van der Waals surface area contributed by atoms with Crippen LogP contribution in [-0.4, -0.2) is 6.03 Å². The van der Waals surface area contributed by atoms with Gasteiger partial charge in [0.2, 0.25) is 0 Å². The molecule has 0 unspecified atom stereocenters. The number of hydrogen-bond donors (Lipinski definition) is 2. The van der Waals surface area contributed by atoms with Crippen molar-refractivity contribution in [2.75, 3.05) is 5.32 Å². The molecule has 0 aliphatic heterocycles. The summed E-state index contributed by atoms with van der Waals surface area (Å²) in [6.07, 6.45) is -4.70. The van der Waals surface area contributed by atoms with Gasteiger partial charge in [-0.3, -0.25) is 0 Å². The van der Waals surface area contributed by atoms with Gasteiger partial charge >= 0.3 is 12.2 Å². The van der Waals surface area contributed by atoms with Gasteiger partial charge in [-0.1, -0.05) is 28.1 Å². The van der Waals surface area contributed by atoms with Crippen LogP contribution in [0.3, 0.4) is 0 Å². The van der Waals surface area contributed by atoms with E-state index in [2.05, 4.69) is 26.6 Å². The first-order valence-electron chi connectivity index (χ1n) is 6.83. The Bertz CT molecular complexity index is 762. The Kier molecular flexibility index (Phi) is 5.48. The van der Waals surface area contributed by atoms with Crippen molar-refractivity contribution in [2.45, 2.75) is 19.6 Å². The number of benzene rings is 2. The number of urea groups is 1. The van der Waals surface area contributed by atoms with Gasteiger partial charge in [-0.15, -0.1) is 0 Å². The van der Waals surface area contributed by atoms with E-state index in [9.17, 15) is 22.4 Å². The van der Waals surface area contributed by atoms with E-state index in [0.717, 1.165) is 22.2 Å². The van der Waals surface area contributed by atoms with E-state index in [1.54, 1.807) is 25.1 Å². The van der Waals surface area contributed by atoms with E-state index < -0.39 is 23.6 Å². The normalized spacial score (nSPS) is 11.2. The van der Waals surface area contributed by atoms with E-state index >= 15 is 0 Å². The summed E-state index contributed by atoms with van der Waals surface area (Å²) in [6, 6.07) is 6.93. The molecule has 0 bridgehead atoms. The van der Waals surface area contributed by atoms with E-state index in [-0.39, 0.29) is 12.1 Å². The Hall–Kier alpha value is -2.09. The van der Waals surface area contributed by atoms with Crippen LogP contribution in [0.1, 0.15) is 16.7 Å². The number of amides is 2. The first-order valence-corrected chi connectivity index (χ1v) is 7.63. The Morgan fingerprint density at radius 1 is 1.17 bits per heavy atom. The van der Waals surface area contributed by atoms with E-state index in [4.69, 9.17) is 0 Å². The highest BCUT2D eigenvalue weighted by atomic mass is 79.9. The summed E-state index contributed by atoms with van der Waals surface area (Å²) in [5.41, 5.74) is -0.00501. The molecule has 2 aromatic rings. The van der Waals surface area contributed by atoms with Crippen LogP contribution in [-0.2, 0) is 12.7 Å². The van der Waals surface area contributed by atoms with Gasteiger partial charge in [0.1, 0.15) is 5.82 Å². The van der Waals surface area contributed by atoms with Crippen LogP contribution in [0.15, 0.2) is 40.9 Å². The van der Waals surface area contributed by atoms with Crippen molar-refractivity contribution < 1.29 is 22.4 Å².